The molecule has 0 saturated heterocycles. The van der Waals surface area contributed by atoms with Crippen molar-refractivity contribution in [1.82, 2.24) is 0 Å². The molecular weight excluding hydrogens is 308 g/mol. The highest BCUT2D eigenvalue weighted by molar-refractivity contribution is 6.84. The van der Waals surface area contributed by atoms with Crippen molar-refractivity contribution in [3.05, 3.63) is 12.2 Å². The first-order valence-corrected chi connectivity index (χ1v) is 10.9. The summed E-state index contributed by atoms with van der Waals surface area (Å²) in [4.78, 5) is 22.7. The second-order valence-corrected chi connectivity index (χ2v) is 13.8. The van der Waals surface area contributed by atoms with Crippen molar-refractivity contribution in [2.24, 2.45) is 5.92 Å². The fourth-order valence-electron chi connectivity index (χ4n) is 4.22. The van der Waals surface area contributed by atoms with E-state index >= 15 is 0 Å². The minimum absolute atomic E-state index is 0.103. The van der Waals surface area contributed by atoms with Crippen LogP contribution >= 0.6 is 0 Å². The van der Waals surface area contributed by atoms with Crippen LogP contribution in [0.2, 0.25) is 16.6 Å². The number of hydrogen-bond acceptors (Lipinski definition) is 3. The third-order valence-corrected chi connectivity index (χ3v) is 12.3. The normalized spacial score (nSPS) is 14.3. The van der Waals surface area contributed by atoms with Gasteiger partial charge in [0.2, 0.25) is 0 Å². The maximum atomic E-state index is 12.1. The monoisotopic (exact) mass is 342 g/mol. The molecule has 0 saturated carbocycles. The van der Waals surface area contributed by atoms with Crippen molar-refractivity contribution in [1.29, 1.82) is 0 Å². The number of carbonyl (C=O) groups is 2. The summed E-state index contributed by atoms with van der Waals surface area (Å²) in [5.74, 6) is -1.27. The lowest BCUT2D eigenvalue weighted by Crippen LogP contribution is -2.57. The lowest BCUT2D eigenvalue weighted by Gasteiger charge is -2.48. The summed E-state index contributed by atoms with van der Waals surface area (Å²) in [5, 5.41) is 8.68. The Morgan fingerprint density at radius 3 is 1.65 bits per heavy atom. The summed E-state index contributed by atoms with van der Waals surface area (Å²) >= 11 is 0. The first kappa shape index (κ1) is 21.9. The van der Waals surface area contributed by atoms with Crippen LogP contribution in [0.15, 0.2) is 12.2 Å². The van der Waals surface area contributed by atoms with Crippen LogP contribution in [0.3, 0.4) is 0 Å². The largest absolute Gasteiger partial charge is 0.478 e. The van der Waals surface area contributed by atoms with Gasteiger partial charge in [-0.15, -0.1) is 0 Å². The predicted molar refractivity (Wildman–Crippen MR) is 97.2 cm³/mol. The van der Waals surface area contributed by atoms with Gasteiger partial charge in [0, 0.05) is 12.2 Å². The number of aliphatic carboxylic acids is 1. The highest BCUT2D eigenvalue weighted by Crippen LogP contribution is 2.46. The smallest absolute Gasteiger partial charge is 0.330 e. The van der Waals surface area contributed by atoms with Gasteiger partial charge in [0.05, 0.1) is 5.73 Å². The van der Waals surface area contributed by atoms with E-state index in [0.29, 0.717) is 22.5 Å². The molecule has 4 nitrogen and oxygen atoms in total. The number of carboxylic acids is 1. The van der Waals surface area contributed by atoms with E-state index in [1.165, 1.54) is 0 Å². The molecule has 0 bridgehead atoms. The standard InChI is InChI=1S/C18H34O4Si/c1-12(2)11-18(22-17(21)10-9-16(19)20)23(13(3)4,14(5)6)15(7)8/h9-10,12-15,18H,11H2,1-8H3,(H,19,20)/b10-9-. The van der Waals surface area contributed by atoms with Crippen LogP contribution in [0, 0.1) is 5.92 Å². The van der Waals surface area contributed by atoms with Gasteiger partial charge < -0.3 is 9.84 Å². The van der Waals surface area contributed by atoms with E-state index in [1.807, 2.05) is 0 Å². The molecular formula is C18H34O4Si. The number of carbonyl (C=O) groups excluding carboxylic acids is 1. The Bertz CT molecular complexity index is 403. The molecule has 0 aliphatic heterocycles. The Hall–Kier alpha value is -1.10. The first-order chi connectivity index (χ1) is 10.5. The van der Waals surface area contributed by atoms with E-state index in [4.69, 9.17) is 9.84 Å². The van der Waals surface area contributed by atoms with Gasteiger partial charge in [0.15, 0.2) is 0 Å². The van der Waals surface area contributed by atoms with Gasteiger partial charge in [0.1, 0.15) is 8.07 Å². The van der Waals surface area contributed by atoms with E-state index in [-0.39, 0.29) is 5.73 Å². The molecule has 0 aromatic heterocycles. The van der Waals surface area contributed by atoms with Crippen molar-refractivity contribution < 1.29 is 19.4 Å². The Morgan fingerprint density at radius 2 is 1.35 bits per heavy atom. The van der Waals surface area contributed by atoms with Crippen LogP contribution in [0.25, 0.3) is 0 Å². The number of ether oxygens (including phenoxy) is 1. The number of carboxylic acid groups (broad SMARTS) is 1. The maximum absolute atomic E-state index is 12.1. The van der Waals surface area contributed by atoms with E-state index in [0.717, 1.165) is 18.6 Å². The zero-order valence-electron chi connectivity index (χ0n) is 15.9. The SMILES string of the molecule is CC(C)CC(OC(=O)/C=C\C(=O)O)[Si](C(C)C)(C(C)C)C(C)C. The molecule has 1 unspecified atom stereocenters. The topological polar surface area (TPSA) is 63.6 Å². The molecule has 0 rings (SSSR count). The Labute approximate surface area is 142 Å². The molecule has 23 heavy (non-hydrogen) atoms. The summed E-state index contributed by atoms with van der Waals surface area (Å²) in [5.41, 5.74) is 1.32. The number of rotatable bonds is 9. The van der Waals surface area contributed by atoms with Gasteiger partial charge in [-0.1, -0.05) is 55.4 Å². The number of hydrogen-bond donors (Lipinski definition) is 1. The Balaban J connectivity index is 5.71. The van der Waals surface area contributed by atoms with Gasteiger partial charge in [-0.2, -0.15) is 0 Å². The van der Waals surface area contributed by atoms with Crippen LogP contribution in [0.1, 0.15) is 61.8 Å². The van der Waals surface area contributed by atoms with Crippen molar-refractivity contribution in [2.45, 2.75) is 84.2 Å². The molecule has 0 radical (unpaired) electrons. The average Bonchev–Trinajstić information content (AvgIpc) is 2.34. The van der Waals surface area contributed by atoms with E-state index in [9.17, 15) is 9.59 Å². The van der Waals surface area contributed by atoms with Gasteiger partial charge >= 0.3 is 11.9 Å². The Morgan fingerprint density at radius 1 is 0.913 bits per heavy atom. The summed E-state index contributed by atoms with van der Waals surface area (Å²) in [6, 6.07) is 0. The molecule has 0 amide bonds. The van der Waals surface area contributed by atoms with E-state index in [2.05, 4.69) is 55.4 Å². The van der Waals surface area contributed by atoms with Gasteiger partial charge in [0.25, 0.3) is 0 Å². The highest BCUT2D eigenvalue weighted by atomic mass is 28.3. The molecule has 1 N–H and O–H groups in total. The molecule has 0 aromatic carbocycles. The zero-order valence-corrected chi connectivity index (χ0v) is 16.9. The molecule has 0 aliphatic carbocycles. The predicted octanol–water partition coefficient (Wildman–Crippen LogP) is 4.80. The van der Waals surface area contributed by atoms with Crippen LogP contribution in [0.5, 0.6) is 0 Å². The molecule has 0 spiro atoms. The summed E-state index contributed by atoms with van der Waals surface area (Å²) < 4.78 is 5.83. The summed E-state index contributed by atoms with van der Waals surface area (Å²) in [6.07, 6.45) is 2.70. The molecule has 134 valence electrons. The first-order valence-electron chi connectivity index (χ1n) is 8.57. The lowest BCUT2D eigenvalue weighted by molar-refractivity contribution is -0.141. The molecule has 0 heterocycles. The van der Waals surface area contributed by atoms with E-state index < -0.39 is 20.0 Å². The van der Waals surface area contributed by atoms with Gasteiger partial charge in [-0.25, -0.2) is 9.59 Å². The van der Waals surface area contributed by atoms with Crippen LogP contribution in [-0.2, 0) is 14.3 Å². The third kappa shape index (κ3) is 5.79. The minimum Gasteiger partial charge on any atom is -0.478 e. The molecule has 5 heteroatoms. The zero-order chi connectivity index (χ0) is 18.4. The fraction of sp³-hybridized carbons (Fsp3) is 0.778. The molecule has 1 atom stereocenters. The van der Waals surface area contributed by atoms with Crippen LogP contribution in [0.4, 0.5) is 0 Å². The highest BCUT2D eigenvalue weighted by Gasteiger charge is 2.51. The molecule has 0 aliphatic rings. The lowest BCUT2D eigenvalue weighted by atomic mass is 10.1. The maximum Gasteiger partial charge on any atom is 0.330 e. The Kier molecular flexibility index (Phi) is 8.81. The average molecular weight is 343 g/mol. The van der Waals surface area contributed by atoms with Gasteiger partial charge in [-0.05, 0) is 29.0 Å². The summed E-state index contributed by atoms with van der Waals surface area (Å²) in [6.45, 7) is 17.7. The van der Waals surface area contributed by atoms with E-state index in [1.54, 1.807) is 0 Å². The second kappa shape index (κ2) is 9.26. The van der Waals surface area contributed by atoms with Crippen molar-refractivity contribution in [2.75, 3.05) is 0 Å². The number of esters is 1. The fourth-order valence-corrected chi connectivity index (χ4v) is 11.6. The summed E-state index contributed by atoms with van der Waals surface area (Å²) in [7, 11) is -1.96. The van der Waals surface area contributed by atoms with Crippen LogP contribution < -0.4 is 0 Å². The van der Waals surface area contributed by atoms with Crippen LogP contribution in [-0.4, -0.2) is 30.8 Å². The van der Waals surface area contributed by atoms with Gasteiger partial charge in [-0.3, -0.25) is 0 Å². The quantitative estimate of drug-likeness (QED) is 0.371. The van der Waals surface area contributed by atoms with Crippen molar-refractivity contribution in [3.8, 4) is 0 Å². The van der Waals surface area contributed by atoms with Crippen molar-refractivity contribution >= 4 is 20.0 Å². The second-order valence-electron chi connectivity index (χ2n) is 7.69. The molecule has 0 aromatic rings. The third-order valence-electron chi connectivity index (χ3n) is 4.86. The minimum atomic E-state index is -1.96. The molecule has 0 fully saturated rings. The van der Waals surface area contributed by atoms with Crippen molar-refractivity contribution in [3.63, 3.8) is 0 Å².